The lowest BCUT2D eigenvalue weighted by Crippen LogP contribution is -2.24. The van der Waals surface area contributed by atoms with Gasteiger partial charge in [0.25, 0.3) is 0 Å². The van der Waals surface area contributed by atoms with Crippen LogP contribution >= 0.6 is 11.3 Å². The lowest BCUT2D eigenvalue weighted by molar-refractivity contribution is 0.0420. The van der Waals surface area contributed by atoms with Gasteiger partial charge in [-0.25, -0.2) is 9.97 Å². The highest BCUT2D eigenvalue weighted by atomic mass is 32.1. The van der Waals surface area contributed by atoms with Crippen LogP contribution in [0.3, 0.4) is 0 Å². The molecule has 0 spiro atoms. The number of hydrogen-bond donors (Lipinski definition) is 4. The summed E-state index contributed by atoms with van der Waals surface area (Å²) < 4.78 is 1.12. The van der Waals surface area contributed by atoms with E-state index in [0.29, 0.717) is 18.8 Å². The van der Waals surface area contributed by atoms with E-state index in [1.807, 2.05) is 25.1 Å². The summed E-state index contributed by atoms with van der Waals surface area (Å²) in [6, 6.07) is 8.11. The lowest BCUT2D eigenvalue weighted by Gasteiger charge is -2.19. The fourth-order valence-corrected chi connectivity index (χ4v) is 5.17. The topological polar surface area (TPSA) is 103 Å². The fraction of sp³-hybridized carbons (Fsp3) is 0.500. The van der Waals surface area contributed by atoms with Crippen LogP contribution in [0.4, 0.5) is 11.8 Å². The summed E-state index contributed by atoms with van der Waals surface area (Å²) in [6.45, 7) is 6.62. The molecule has 0 radical (unpaired) electrons. The standard InChI is InChI=1S/C22H29N5O2S/c1-4-9-23-22-24-12(2)19(21-26-16-7-5-6-8-18(16)30-21)20(27-22)25-14-10-15(13(3)28)17(29)11-14/h5-8,13-15,17,28-29H,4,9-11H2,1-3H3,(H2,23,24,25,27)/t13?,14?,15-,17+/m1/s1. The minimum atomic E-state index is -0.538. The zero-order valence-corrected chi connectivity index (χ0v) is 18.4. The molecule has 0 saturated heterocycles. The number of nitrogens with one attached hydrogen (secondary N) is 2. The molecular formula is C22H29N5O2S. The highest BCUT2D eigenvalue weighted by molar-refractivity contribution is 7.21. The van der Waals surface area contributed by atoms with Crippen LogP contribution in [0.1, 0.15) is 38.8 Å². The van der Waals surface area contributed by atoms with Gasteiger partial charge in [-0.1, -0.05) is 19.1 Å². The Bertz CT molecular complexity index is 989. The number of nitrogens with zero attached hydrogens (tertiary/aromatic N) is 3. The van der Waals surface area contributed by atoms with Crippen molar-refractivity contribution < 1.29 is 10.2 Å². The van der Waals surface area contributed by atoms with Crippen LogP contribution in [-0.4, -0.2) is 50.0 Å². The quantitative estimate of drug-likeness (QED) is 0.454. The molecule has 4 atom stereocenters. The molecule has 4 rings (SSSR count). The van der Waals surface area contributed by atoms with Gasteiger partial charge in [-0.2, -0.15) is 4.98 Å². The van der Waals surface area contributed by atoms with E-state index in [2.05, 4.69) is 28.6 Å². The smallest absolute Gasteiger partial charge is 0.224 e. The highest BCUT2D eigenvalue weighted by Gasteiger charge is 2.36. The number of thiazole rings is 1. The van der Waals surface area contributed by atoms with E-state index in [0.717, 1.165) is 45.3 Å². The van der Waals surface area contributed by atoms with Gasteiger partial charge in [0.2, 0.25) is 5.95 Å². The monoisotopic (exact) mass is 427 g/mol. The third-order valence-electron chi connectivity index (χ3n) is 5.67. The molecule has 4 N–H and O–H groups in total. The summed E-state index contributed by atoms with van der Waals surface area (Å²) in [5, 5.41) is 28.0. The number of aliphatic hydroxyl groups is 2. The van der Waals surface area contributed by atoms with Crippen LogP contribution in [0.5, 0.6) is 0 Å². The molecule has 160 valence electrons. The average molecular weight is 428 g/mol. The first-order valence-corrected chi connectivity index (χ1v) is 11.4. The minimum absolute atomic E-state index is 0.0288. The molecule has 0 bridgehead atoms. The van der Waals surface area contributed by atoms with Crippen molar-refractivity contribution in [3.05, 3.63) is 30.0 Å². The molecule has 2 heterocycles. The van der Waals surface area contributed by atoms with Crippen molar-refractivity contribution in [3.63, 3.8) is 0 Å². The summed E-state index contributed by atoms with van der Waals surface area (Å²) in [4.78, 5) is 14.2. The number of rotatable bonds is 7. The van der Waals surface area contributed by atoms with Crippen molar-refractivity contribution in [2.45, 2.75) is 58.3 Å². The SMILES string of the molecule is CCCNc1nc(C)c(-c2nc3ccccc3s2)c(NC2C[C@H](C(C)O)[C@@H](O)C2)n1. The normalized spacial score (nSPS) is 22.4. The van der Waals surface area contributed by atoms with E-state index in [1.54, 1.807) is 18.3 Å². The third kappa shape index (κ3) is 4.26. The number of benzene rings is 1. The van der Waals surface area contributed by atoms with Gasteiger partial charge < -0.3 is 20.8 Å². The fourth-order valence-electron chi connectivity index (χ4n) is 4.11. The first kappa shape index (κ1) is 21.0. The number of para-hydroxylation sites is 1. The van der Waals surface area contributed by atoms with Gasteiger partial charge in [-0.05, 0) is 45.2 Å². The molecule has 7 nitrogen and oxygen atoms in total. The van der Waals surface area contributed by atoms with Gasteiger partial charge in [-0.3, -0.25) is 0 Å². The van der Waals surface area contributed by atoms with Crippen LogP contribution in [0.25, 0.3) is 20.8 Å². The molecular weight excluding hydrogens is 398 g/mol. The van der Waals surface area contributed by atoms with E-state index < -0.39 is 12.2 Å². The summed E-state index contributed by atoms with van der Waals surface area (Å²) in [6.07, 6.45) is 1.20. The van der Waals surface area contributed by atoms with Gasteiger partial charge in [-0.15, -0.1) is 11.3 Å². The largest absolute Gasteiger partial charge is 0.393 e. The Balaban J connectivity index is 1.71. The van der Waals surface area contributed by atoms with Gasteiger partial charge in [0.15, 0.2) is 0 Å². The Morgan fingerprint density at radius 3 is 2.70 bits per heavy atom. The zero-order valence-electron chi connectivity index (χ0n) is 17.6. The Hall–Kier alpha value is -2.29. The van der Waals surface area contributed by atoms with Crippen LogP contribution in [0.15, 0.2) is 24.3 Å². The maximum absolute atomic E-state index is 10.4. The van der Waals surface area contributed by atoms with Gasteiger partial charge in [0.05, 0.1) is 33.7 Å². The predicted molar refractivity (Wildman–Crippen MR) is 122 cm³/mol. The van der Waals surface area contributed by atoms with Crippen LogP contribution in [0, 0.1) is 12.8 Å². The average Bonchev–Trinajstić information content (AvgIpc) is 3.29. The van der Waals surface area contributed by atoms with Gasteiger partial charge >= 0.3 is 0 Å². The molecule has 1 aliphatic carbocycles. The second-order valence-corrected chi connectivity index (χ2v) is 9.08. The van der Waals surface area contributed by atoms with E-state index >= 15 is 0 Å². The third-order valence-corrected chi connectivity index (χ3v) is 6.72. The number of anilines is 2. The van der Waals surface area contributed by atoms with Crippen LogP contribution in [-0.2, 0) is 0 Å². The molecule has 1 aliphatic rings. The molecule has 0 aliphatic heterocycles. The van der Waals surface area contributed by atoms with Crippen molar-refractivity contribution >= 4 is 33.3 Å². The predicted octanol–water partition coefficient (Wildman–Crippen LogP) is 3.82. The Kier molecular flexibility index (Phi) is 6.17. The van der Waals surface area contributed by atoms with E-state index in [4.69, 9.17) is 9.97 Å². The Morgan fingerprint density at radius 1 is 1.20 bits per heavy atom. The molecule has 1 fully saturated rings. The second-order valence-electron chi connectivity index (χ2n) is 8.05. The number of hydrogen-bond acceptors (Lipinski definition) is 8. The van der Waals surface area contributed by atoms with Gasteiger partial charge in [0.1, 0.15) is 10.8 Å². The number of fused-ring (bicyclic) bond motifs is 1. The van der Waals surface area contributed by atoms with Crippen molar-refractivity contribution in [2.75, 3.05) is 17.2 Å². The highest BCUT2D eigenvalue weighted by Crippen LogP contribution is 2.38. The second kappa shape index (κ2) is 8.83. The number of aryl methyl sites for hydroxylation is 1. The summed E-state index contributed by atoms with van der Waals surface area (Å²) in [5.74, 6) is 1.19. The maximum Gasteiger partial charge on any atom is 0.224 e. The molecule has 1 aromatic carbocycles. The summed E-state index contributed by atoms with van der Waals surface area (Å²) in [5.41, 5.74) is 2.71. The van der Waals surface area contributed by atoms with E-state index in [9.17, 15) is 10.2 Å². The van der Waals surface area contributed by atoms with Gasteiger partial charge in [0, 0.05) is 18.5 Å². The van der Waals surface area contributed by atoms with Crippen molar-refractivity contribution in [1.82, 2.24) is 15.0 Å². The number of aromatic nitrogens is 3. The summed E-state index contributed by atoms with van der Waals surface area (Å²) in [7, 11) is 0. The van der Waals surface area contributed by atoms with Crippen molar-refractivity contribution in [1.29, 1.82) is 0 Å². The minimum Gasteiger partial charge on any atom is -0.393 e. The molecule has 3 aromatic rings. The number of aliphatic hydroxyl groups excluding tert-OH is 2. The Labute approximate surface area is 180 Å². The van der Waals surface area contributed by atoms with Crippen LogP contribution < -0.4 is 10.6 Å². The summed E-state index contributed by atoms with van der Waals surface area (Å²) >= 11 is 1.63. The first-order valence-electron chi connectivity index (χ1n) is 10.6. The molecule has 2 aromatic heterocycles. The first-order chi connectivity index (χ1) is 14.5. The molecule has 8 heteroatoms. The molecule has 0 amide bonds. The molecule has 30 heavy (non-hydrogen) atoms. The lowest BCUT2D eigenvalue weighted by atomic mass is 10.00. The van der Waals surface area contributed by atoms with E-state index in [1.165, 1.54) is 0 Å². The Morgan fingerprint density at radius 2 is 2.00 bits per heavy atom. The van der Waals surface area contributed by atoms with Crippen molar-refractivity contribution in [3.8, 4) is 10.6 Å². The molecule has 2 unspecified atom stereocenters. The molecule has 1 saturated carbocycles. The van der Waals surface area contributed by atoms with Crippen molar-refractivity contribution in [2.24, 2.45) is 5.92 Å². The maximum atomic E-state index is 10.4. The van der Waals surface area contributed by atoms with E-state index in [-0.39, 0.29) is 12.0 Å². The zero-order chi connectivity index (χ0) is 21.3. The van der Waals surface area contributed by atoms with Crippen LogP contribution in [0.2, 0.25) is 0 Å².